The van der Waals surface area contributed by atoms with Crippen LogP contribution in [0.15, 0.2) is 60.8 Å². The summed E-state index contributed by atoms with van der Waals surface area (Å²) in [5.41, 5.74) is 2.24. The van der Waals surface area contributed by atoms with Gasteiger partial charge in [-0.15, -0.1) is 0 Å². The summed E-state index contributed by atoms with van der Waals surface area (Å²) in [5, 5.41) is 2.16. The molecule has 0 aliphatic rings. The molecule has 0 spiro atoms. The van der Waals surface area contributed by atoms with Gasteiger partial charge in [-0.1, -0.05) is 63.2 Å². The van der Waals surface area contributed by atoms with E-state index in [2.05, 4.69) is 44.0 Å². The van der Waals surface area contributed by atoms with Crippen LogP contribution in [0.5, 0.6) is 0 Å². The summed E-state index contributed by atoms with van der Waals surface area (Å²) < 4.78 is 5.54. The van der Waals surface area contributed by atoms with Gasteiger partial charge in [-0.2, -0.15) is 0 Å². The van der Waals surface area contributed by atoms with Gasteiger partial charge in [-0.25, -0.2) is 0 Å². The van der Waals surface area contributed by atoms with Crippen LogP contribution in [-0.2, 0) is 27.0 Å². The summed E-state index contributed by atoms with van der Waals surface area (Å²) in [6.07, 6.45) is 1.85. The lowest BCUT2D eigenvalue weighted by molar-refractivity contribution is -0.150. The number of esters is 1. The smallest absolute Gasteiger partial charge is 0.317 e. The molecule has 0 unspecified atom stereocenters. The monoisotopic (exact) mass is 361 g/mol. The molecule has 3 aromatic rings. The van der Waals surface area contributed by atoms with Crippen LogP contribution in [0.4, 0.5) is 0 Å². The van der Waals surface area contributed by atoms with Crippen LogP contribution < -0.4 is 0 Å². The number of hydrogen-bond donors (Lipinski definition) is 0. The molecule has 0 saturated carbocycles. The average Bonchev–Trinajstić information content (AvgIpc) is 2.65. The van der Waals surface area contributed by atoms with Gasteiger partial charge in [0.05, 0.1) is 5.69 Å². The summed E-state index contributed by atoms with van der Waals surface area (Å²) in [5.74, 6) is -0.274. The molecule has 3 nitrogen and oxygen atoms in total. The molecule has 2 aromatic carbocycles. The number of benzene rings is 2. The van der Waals surface area contributed by atoms with Crippen molar-refractivity contribution >= 4 is 16.7 Å². The second-order valence-electron chi connectivity index (χ2n) is 8.57. The number of rotatable bonds is 4. The van der Waals surface area contributed by atoms with Gasteiger partial charge in [0.1, 0.15) is 12.0 Å². The third-order valence-electron chi connectivity index (χ3n) is 4.95. The molecular weight excluding hydrogens is 334 g/mol. The molecule has 1 heterocycles. The standard InChI is InChI=1S/C24H27NO2/c1-23(2,3)20-12-11-18-14-21(25-15-19(18)13-20)24(4,5)22(26)27-16-17-9-7-6-8-10-17/h6-15H,16H2,1-5H3. The normalized spacial score (nSPS) is 12.2. The van der Waals surface area contributed by atoms with E-state index in [1.165, 1.54) is 5.56 Å². The highest BCUT2D eigenvalue weighted by molar-refractivity contribution is 5.86. The molecule has 27 heavy (non-hydrogen) atoms. The SMILES string of the molecule is CC(C)(C)c1ccc2cc(C(C)(C)C(=O)OCc3ccccc3)ncc2c1. The molecule has 3 heteroatoms. The highest BCUT2D eigenvalue weighted by Crippen LogP contribution is 2.29. The van der Waals surface area contributed by atoms with Crippen molar-refractivity contribution < 1.29 is 9.53 Å². The molecular formula is C24H27NO2. The van der Waals surface area contributed by atoms with Crippen LogP contribution in [0.2, 0.25) is 0 Å². The largest absolute Gasteiger partial charge is 0.460 e. The van der Waals surface area contributed by atoms with E-state index >= 15 is 0 Å². The van der Waals surface area contributed by atoms with E-state index in [-0.39, 0.29) is 18.0 Å². The Balaban J connectivity index is 1.82. The lowest BCUT2D eigenvalue weighted by atomic mass is 9.85. The predicted octanol–water partition coefficient (Wildman–Crippen LogP) is 5.55. The van der Waals surface area contributed by atoms with Crippen molar-refractivity contribution in [2.24, 2.45) is 0 Å². The Labute approximate surface area is 161 Å². The number of pyridine rings is 1. The minimum absolute atomic E-state index is 0.0907. The van der Waals surface area contributed by atoms with Crippen molar-refractivity contribution in [3.05, 3.63) is 77.6 Å². The maximum Gasteiger partial charge on any atom is 0.317 e. The van der Waals surface area contributed by atoms with Crippen molar-refractivity contribution in [1.29, 1.82) is 0 Å². The Kier molecular flexibility index (Phi) is 5.05. The number of ether oxygens (including phenoxy) is 1. The molecule has 140 valence electrons. The molecule has 0 bridgehead atoms. The molecule has 0 amide bonds. The van der Waals surface area contributed by atoms with Gasteiger partial charge in [-0.3, -0.25) is 9.78 Å². The van der Waals surface area contributed by atoms with E-state index in [1.54, 1.807) is 0 Å². The Morgan fingerprint density at radius 3 is 2.30 bits per heavy atom. The maximum absolute atomic E-state index is 12.7. The topological polar surface area (TPSA) is 39.2 Å². The van der Waals surface area contributed by atoms with Crippen LogP contribution >= 0.6 is 0 Å². The van der Waals surface area contributed by atoms with Gasteiger partial charge in [0.2, 0.25) is 0 Å². The first kappa shape index (κ1) is 19.1. The van der Waals surface area contributed by atoms with Crippen molar-refractivity contribution in [3.63, 3.8) is 0 Å². The Hall–Kier alpha value is -2.68. The number of fused-ring (bicyclic) bond motifs is 1. The van der Waals surface area contributed by atoms with Crippen molar-refractivity contribution in [3.8, 4) is 0 Å². The fourth-order valence-corrected chi connectivity index (χ4v) is 2.96. The first-order valence-electron chi connectivity index (χ1n) is 9.30. The van der Waals surface area contributed by atoms with Gasteiger partial charge < -0.3 is 4.74 Å². The zero-order valence-corrected chi connectivity index (χ0v) is 16.7. The van der Waals surface area contributed by atoms with Gasteiger partial charge >= 0.3 is 5.97 Å². The van der Waals surface area contributed by atoms with Crippen LogP contribution in [-0.4, -0.2) is 11.0 Å². The van der Waals surface area contributed by atoms with E-state index in [9.17, 15) is 4.79 Å². The number of hydrogen-bond acceptors (Lipinski definition) is 3. The summed E-state index contributed by atoms with van der Waals surface area (Å²) in [6, 6.07) is 18.1. The second-order valence-corrected chi connectivity index (χ2v) is 8.57. The van der Waals surface area contributed by atoms with Crippen molar-refractivity contribution in [1.82, 2.24) is 4.98 Å². The Morgan fingerprint density at radius 2 is 1.63 bits per heavy atom. The highest BCUT2D eigenvalue weighted by atomic mass is 16.5. The molecule has 0 aliphatic carbocycles. The maximum atomic E-state index is 12.7. The first-order chi connectivity index (χ1) is 12.7. The molecule has 0 fully saturated rings. The fraction of sp³-hybridized carbons (Fsp3) is 0.333. The van der Waals surface area contributed by atoms with Gasteiger partial charge in [0, 0.05) is 11.6 Å². The molecule has 0 saturated heterocycles. The molecule has 0 N–H and O–H groups in total. The molecule has 0 atom stereocenters. The van der Waals surface area contributed by atoms with Crippen LogP contribution in [0.3, 0.4) is 0 Å². The fourth-order valence-electron chi connectivity index (χ4n) is 2.96. The summed E-state index contributed by atoms with van der Waals surface area (Å²) >= 11 is 0. The lowest BCUT2D eigenvalue weighted by Crippen LogP contribution is -2.32. The quantitative estimate of drug-likeness (QED) is 0.572. The number of carbonyl (C=O) groups excluding carboxylic acids is 1. The van der Waals surface area contributed by atoms with Crippen LogP contribution in [0, 0.1) is 0 Å². The number of nitrogens with zero attached hydrogens (tertiary/aromatic N) is 1. The lowest BCUT2D eigenvalue weighted by Gasteiger charge is -2.23. The Bertz CT molecular complexity index is 953. The van der Waals surface area contributed by atoms with Gasteiger partial charge in [-0.05, 0) is 47.9 Å². The Morgan fingerprint density at radius 1 is 0.926 bits per heavy atom. The van der Waals surface area contributed by atoms with E-state index in [0.29, 0.717) is 0 Å². The zero-order chi connectivity index (χ0) is 19.7. The summed E-state index contributed by atoms with van der Waals surface area (Å²) in [4.78, 5) is 17.3. The molecule has 0 aliphatic heterocycles. The highest BCUT2D eigenvalue weighted by Gasteiger charge is 2.33. The van der Waals surface area contributed by atoms with E-state index in [1.807, 2.05) is 56.4 Å². The first-order valence-corrected chi connectivity index (χ1v) is 9.30. The third-order valence-corrected chi connectivity index (χ3v) is 4.95. The van der Waals surface area contributed by atoms with E-state index in [4.69, 9.17) is 4.74 Å². The van der Waals surface area contributed by atoms with Gasteiger partial charge in [0.15, 0.2) is 0 Å². The molecule has 0 radical (unpaired) electrons. The molecule has 3 rings (SSSR count). The minimum Gasteiger partial charge on any atom is -0.460 e. The minimum atomic E-state index is -0.814. The summed E-state index contributed by atoms with van der Waals surface area (Å²) in [7, 11) is 0. The van der Waals surface area contributed by atoms with Crippen molar-refractivity contribution in [2.75, 3.05) is 0 Å². The number of aromatic nitrogens is 1. The third kappa shape index (κ3) is 4.19. The van der Waals surface area contributed by atoms with Crippen LogP contribution in [0.25, 0.3) is 10.8 Å². The van der Waals surface area contributed by atoms with E-state index < -0.39 is 5.41 Å². The number of carbonyl (C=O) groups is 1. The second kappa shape index (κ2) is 7.15. The molecule has 1 aromatic heterocycles. The van der Waals surface area contributed by atoms with Crippen molar-refractivity contribution in [2.45, 2.75) is 52.1 Å². The predicted molar refractivity (Wildman–Crippen MR) is 110 cm³/mol. The van der Waals surface area contributed by atoms with Gasteiger partial charge in [0.25, 0.3) is 0 Å². The van der Waals surface area contributed by atoms with E-state index in [0.717, 1.165) is 22.0 Å². The zero-order valence-electron chi connectivity index (χ0n) is 16.7. The van der Waals surface area contributed by atoms with Crippen LogP contribution in [0.1, 0.15) is 51.4 Å². The average molecular weight is 361 g/mol. The summed E-state index contributed by atoms with van der Waals surface area (Å²) in [6.45, 7) is 10.6.